The van der Waals surface area contributed by atoms with Gasteiger partial charge in [-0.2, -0.15) is 0 Å². The third kappa shape index (κ3) is 5.94. The van der Waals surface area contributed by atoms with Crippen molar-refractivity contribution in [1.82, 2.24) is 10.2 Å². The molecule has 2 aliphatic rings. The van der Waals surface area contributed by atoms with Crippen molar-refractivity contribution in [3.63, 3.8) is 0 Å². The summed E-state index contributed by atoms with van der Waals surface area (Å²) in [4.78, 5) is 14.3. The lowest BCUT2D eigenvalue weighted by atomic mass is 10.1. The van der Waals surface area contributed by atoms with Crippen molar-refractivity contribution < 1.29 is 9.53 Å². The normalized spacial score (nSPS) is 20.0. The topological polar surface area (TPSA) is 41.6 Å². The third-order valence-corrected chi connectivity index (χ3v) is 5.01. The predicted octanol–water partition coefficient (Wildman–Crippen LogP) is 3.30. The fourth-order valence-electron chi connectivity index (χ4n) is 2.96. The van der Waals surface area contributed by atoms with Crippen LogP contribution >= 0.6 is 12.2 Å². The number of nitrogens with zero attached hydrogens (tertiary/aromatic N) is 1. The lowest BCUT2D eigenvalue weighted by Gasteiger charge is -2.27. The van der Waals surface area contributed by atoms with Gasteiger partial charge in [-0.1, -0.05) is 29.8 Å². The molecule has 1 aliphatic heterocycles. The number of rotatable bonds is 6. The summed E-state index contributed by atoms with van der Waals surface area (Å²) in [5.74, 6) is 0.526. The van der Waals surface area contributed by atoms with Gasteiger partial charge in [-0.15, -0.1) is 0 Å². The Morgan fingerprint density at radius 1 is 1.28 bits per heavy atom. The van der Waals surface area contributed by atoms with Crippen LogP contribution in [0, 0.1) is 12.8 Å². The maximum Gasteiger partial charge on any atom is 0.250 e. The van der Waals surface area contributed by atoms with Crippen LogP contribution in [0.3, 0.4) is 0 Å². The zero-order valence-electron chi connectivity index (χ0n) is 14.7. The Kier molecular flexibility index (Phi) is 6.21. The molecule has 0 aromatic heterocycles. The summed E-state index contributed by atoms with van der Waals surface area (Å²) in [6.07, 6.45) is 8.28. The molecule has 25 heavy (non-hydrogen) atoms. The summed E-state index contributed by atoms with van der Waals surface area (Å²) < 4.78 is 5.73. The molecule has 0 bridgehead atoms. The van der Waals surface area contributed by atoms with Gasteiger partial charge in [0.25, 0.3) is 0 Å². The van der Waals surface area contributed by atoms with Gasteiger partial charge in [-0.05, 0) is 62.4 Å². The molecule has 1 atom stereocenters. The third-order valence-electron chi connectivity index (χ3n) is 4.65. The molecule has 134 valence electrons. The molecule has 1 unspecified atom stereocenters. The number of thiocarbonyl (C=S) groups is 1. The molecular formula is C20H26N2O2S. The van der Waals surface area contributed by atoms with Crippen LogP contribution in [0.25, 0.3) is 6.08 Å². The van der Waals surface area contributed by atoms with Gasteiger partial charge in [0.05, 0.1) is 6.10 Å². The fraction of sp³-hybridized carbons (Fsp3) is 0.500. The number of carbonyl (C=O) groups is 1. The largest absolute Gasteiger partial charge is 0.376 e. The number of carbonyl (C=O) groups excluding carboxylic acids is 1. The summed E-state index contributed by atoms with van der Waals surface area (Å²) in [5, 5.41) is 3.36. The van der Waals surface area contributed by atoms with Crippen LogP contribution in [0.2, 0.25) is 0 Å². The molecule has 1 saturated carbocycles. The maximum atomic E-state index is 12.2. The molecule has 0 radical (unpaired) electrons. The van der Waals surface area contributed by atoms with Crippen LogP contribution in [-0.2, 0) is 9.53 Å². The molecule has 1 heterocycles. The molecule has 4 nitrogen and oxygen atoms in total. The van der Waals surface area contributed by atoms with Gasteiger partial charge in [-0.3, -0.25) is 10.1 Å². The van der Waals surface area contributed by atoms with Gasteiger partial charge in [0.2, 0.25) is 5.91 Å². The lowest BCUT2D eigenvalue weighted by Crippen LogP contribution is -2.46. The van der Waals surface area contributed by atoms with Crippen LogP contribution < -0.4 is 5.32 Å². The van der Waals surface area contributed by atoms with Gasteiger partial charge in [-0.25, -0.2) is 0 Å². The Hall–Kier alpha value is -1.72. The van der Waals surface area contributed by atoms with Gasteiger partial charge in [0.15, 0.2) is 5.11 Å². The number of aryl methyl sites for hydroxylation is 1. The van der Waals surface area contributed by atoms with E-state index in [0.29, 0.717) is 11.0 Å². The van der Waals surface area contributed by atoms with Gasteiger partial charge < -0.3 is 9.64 Å². The van der Waals surface area contributed by atoms with Gasteiger partial charge >= 0.3 is 0 Å². The molecule has 1 aromatic carbocycles. The highest BCUT2D eigenvalue weighted by atomic mass is 32.1. The molecule has 3 rings (SSSR count). The molecule has 1 saturated heterocycles. The second-order valence-corrected chi connectivity index (χ2v) is 7.41. The number of ether oxygens (including phenoxy) is 1. The summed E-state index contributed by atoms with van der Waals surface area (Å²) in [6.45, 7) is 4.57. The smallest absolute Gasteiger partial charge is 0.250 e. The Balaban J connectivity index is 1.53. The van der Waals surface area contributed by atoms with E-state index in [2.05, 4.69) is 10.2 Å². The first kappa shape index (κ1) is 18.1. The van der Waals surface area contributed by atoms with E-state index in [4.69, 9.17) is 17.0 Å². The number of benzene rings is 1. The van der Waals surface area contributed by atoms with Crippen LogP contribution in [-0.4, -0.2) is 41.7 Å². The first-order chi connectivity index (χ1) is 12.1. The van der Waals surface area contributed by atoms with Crippen molar-refractivity contribution >= 4 is 29.3 Å². The van der Waals surface area contributed by atoms with E-state index in [0.717, 1.165) is 38.1 Å². The maximum absolute atomic E-state index is 12.2. The molecule has 5 heteroatoms. The molecular weight excluding hydrogens is 332 g/mol. The number of hydrogen-bond donors (Lipinski definition) is 1. The summed E-state index contributed by atoms with van der Waals surface area (Å²) >= 11 is 5.49. The number of nitrogens with one attached hydrogen (secondary N) is 1. The summed E-state index contributed by atoms with van der Waals surface area (Å²) in [6, 6.07) is 8.05. The van der Waals surface area contributed by atoms with Crippen LogP contribution in [0.15, 0.2) is 30.3 Å². The Bertz CT molecular complexity index is 632. The monoisotopic (exact) mass is 358 g/mol. The van der Waals surface area contributed by atoms with E-state index >= 15 is 0 Å². The highest BCUT2D eigenvalue weighted by Crippen LogP contribution is 2.30. The minimum absolute atomic E-state index is 0.182. The number of hydrogen-bond acceptors (Lipinski definition) is 3. The quantitative estimate of drug-likeness (QED) is 0.626. The Morgan fingerprint density at radius 2 is 2.04 bits per heavy atom. The van der Waals surface area contributed by atoms with Crippen molar-refractivity contribution in [1.29, 1.82) is 0 Å². The SMILES string of the molecule is Cc1ccc(C=CC(=O)NC(=S)N(CC2CC2)CC2CCCO2)cc1. The summed E-state index contributed by atoms with van der Waals surface area (Å²) in [5.41, 5.74) is 2.20. The van der Waals surface area contributed by atoms with E-state index in [1.807, 2.05) is 37.3 Å². The molecule has 1 aromatic rings. The lowest BCUT2D eigenvalue weighted by molar-refractivity contribution is -0.115. The van der Waals surface area contributed by atoms with Crippen molar-refractivity contribution in [2.75, 3.05) is 19.7 Å². The zero-order valence-corrected chi connectivity index (χ0v) is 15.6. The van der Waals surface area contributed by atoms with E-state index in [1.54, 1.807) is 6.08 Å². The van der Waals surface area contributed by atoms with Crippen molar-refractivity contribution in [2.24, 2.45) is 5.92 Å². The van der Waals surface area contributed by atoms with Crippen molar-refractivity contribution in [3.05, 3.63) is 41.5 Å². The van der Waals surface area contributed by atoms with Crippen LogP contribution in [0.5, 0.6) is 0 Å². The molecule has 1 N–H and O–H groups in total. The van der Waals surface area contributed by atoms with Crippen molar-refractivity contribution in [2.45, 2.75) is 38.7 Å². The minimum atomic E-state index is -0.182. The average Bonchev–Trinajstić information content (AvgIpc) is 3.26. The first-order valence-corrected chi connectivity index (χ1v) is 9.47. The molecule has 0 spiro atoms. The van der Waals surface area contributed by atoms with Crippen molar-refractivity contribution in [3.8, 4) is 0 Å². The fourth-order valence-corrected chi connectivity index (χ4v) is 3.21. The van der Waals surface area contributed by atoms with E-state index in [9.17, 15) is 4.79 Å². The highest BCUT2D eigenvalue weighted by molar-refractivity contribution is 7.80. The van der Waals surface area contributed by atoms with E-state index in [1.165, 1.54) is 18.4 Å². The van der Waals surface area contributed by atoms with Gasteiger partial charge in [0.1, 0.15) is 0 Å². The Morgan fingerprint density at radius 3 is 2.68 bits per heavy atom. The molecule has 1 amide bonds. The molecule has 2 fully saturated rings. The predicted molar refractivity (Wildman–Crippen MR) is 104 cm³/mol. The Labute approximate surface area is 155 Å². The summed E-state index contributed by atoms with van der Waals surface area (Å²) in [7, 11) is 0. The van der Waals surface area contributed by atoms with Gasteiger partial charge in [0, 0.05) is 25.8 Å². The second kappa shape index (κ2) is 8.59. The zero-order chi connectivity index (χ0) is 17.6. The first-order valence-electron chi connectivity index (χ1n) is 9.06. The number of amides is 1. The highest BCUT2D eigenvalue weighted by Gasteiger charge is 2.28. The second-order valence-electron chi connectivity index (χ2n) is 7.02. The molecule has 1 aliphatic carbocycles. The van der Waals surface area contributed by atoms with E-state index < -0.39 is 0 Å². The standard InChI is InChI=1S/C20H26N2O2S/c1-15-4-6-16(7-5-15)10-11-19(23)21-20(25)22(13-17-8-9-17)14-18-3-2-12-24-18/h4-7,10-11,17-18H,2-3,8-9,12-14H2,1H3,(H,21,23,25). The van der Waals surface area contributed by atoms with Crippen LogP contribution in [0.1, 0.15) is 36.8 Å². The van der Waals surface area contributed by atoms with E-state index in [-0.39, 0.29) is 12.0 Å². The average molecular weight is 359 g/mol. The van der Waals surface area contributed by atoms with Crippen LogP contribution in [0.4, 0.5) is 0 Å². The minimum Gasteiger partial charge on any atom is -0.376 e.